The number of carboxylic acid groups (broad SMARTS) is 1. The van der Waals surface area contributed by atoms with E-state index in [2.05, 4.69) is 10.6 Å². The van der Waals surface area contributed by atoms with Crippen molar-refractivity contribution in [1.29, 1.82) is 0 Å². The van der Waals surface area contributed by atoms with Gasteiger partial charge < -0.3 is 21.5 Å². The monoisotopic (exact) mass is 305 g/mol. The molecule has 0 aliphatic carbocycles. The SMILES string of the molecule is CCC(C)C(NC(N)=O)C(=O)N[C@@H](CCSC)C(=O)O. The van der Waals surface area contributed by atoms with Gasteiger partial charge in [-0.05, 0) is 24.3 Å². The van der Waals surface area contributed by atoms with Crippen LogP contribution in [0.4, 0.5) is 4.79 Å². The summed E-state index contributed by atoms with van der Waals surface area (Å²) >= 11 is 1.50. The summed E-state index contributed by atoms with van der Waals surface area (Å²) in [5.74, 6) is -1.13. The van der Waals surface area contributed by atoms with Gasteiger partial charge in [-0.3, -0.25) is 4.79 Å². The molecule has 8 heteroatoms. The summed E-state index contributed by atoms with van der Waals surface area (Å²) in [6, 6.07) is -2.59. The van der Waals surface area contributed by atoms with Gasteiger partial charge in [0.1, 0.15) is 12.1 Å². The third kappa shape index (κ3) is 6.65. The summed E-state index contributed by atoms with van der Waals surface area (Å²) in [5.41, 5.74) is 5.04. The van der Waals surface area contributed by atoms with Gasteiger partial charge in [-0.25, -0.2) is 9.59 Å². The standard InChI is InChI=1S/C12H23N3O4S/c1-4-7(2)9(15-12(13)19)10(16)14-8(11(17)18)5-6-20-3/h7-9H,4-6H2,1-3H3,(H,14,16)(H,17,18)(H3,13,15,19)/t7?,8-,9?/m0/s1. The number of nitrogens with two attached hydrogens (primary N) is 1. The van der Waals surface area contributed by atoms with Crippen LogP contribution in [-0.4, -0.2) is 47.1 Å². The number of primary amides is 1. The molecule has 0 aromatic rings. The summed E-state index contributed by atoms with van der Waals surface area (Å²) in [5, 5.41) is 13.9. The van der Waals surface area contributed by atoms with Crippen LogP contribution in [0.15, 0.2) is 0 Å². The van der Waals surface area contributed by atoms with Gasteiger partial charge in [0.15, 0.2) is 0 Å². The maximum atomic E-state index is 12.1. The Morgan fingerprint density at radius 1 is 1.30 bits per heavy atom. The van der Waals surface area contributed by atoms with Gasteiger partial charge in [0.25, 0.3) is 0 Å². The molecule has 0 aliphatic rings. The third-order valence-electron chi connectivity index (χ3n) is 3.02. The van der Waals surface area contributed by atoms with E-state index in [1.54, 1.807) is 6.92 Å². The van der Waals surface area contributed by atoms with Crippen LogP contribution < -0.4 is 16.4 Å². The quantitative estimate of drug-likeness (QED) is 0.491. The zero-order valence-corrected chi connectivity index (χ0v) is 12.8. The number of amides is 3. The molecule has 0 aromatic carbocycles. The molecule has 3 amide bonds. The highest BCUT2D eigenvalue weighted by molar-refractivity contribution is 7.98. The van der Waals surface area contributed by atoms with Crippen molar-refractivity contribution in [3.63, 3.8) is 0 Å². The summed E-state index contributed by atoms with van der Waals surface area (Å²) in [6.07, 6.45) is 2.84. The van der Waals surface area contributed by atoms with Gasteiger partial charge in [-0.15, -0.1) is 0 Å². The van der Waals surface area contributed by atoms with Crippen molar-refractivity contribution < 1.29 is 19.5 Å². The second kappa shape index (κ2) is 9.46. The van der Waals surface area contributed by atoms with Crippen LogP contribution in [0.3, 0.4) is 0 Å². The lowest BCUT2D eigenvalue weighted by Crippen LogP contribution is -2.55. The van der Waals surface area contributed by atoms with Gasteiger partial charge in [-0.1, -0.05) is 20.3 Å². The summed E-state index contributed by atoms with van der Waals surface area (Å²) in [7, 11) is 0. The van der Waals surface area contributed by atoms with E-state index in [0.717, 1.165) is 0 Å². The first-order chi connectivity index (χ1) is 9.33. The first kappa shape index (κ1) is 18.6. The van der Waals surface area contributed by atoms with Crippen LogP contribution in [0, 0.1) is 5.92 Å². The van der Waals surface area contributed by atoms with Crippen molar-refractivity contribution in [3.8, 4) is 0 Å². The lowest BCUT2D eigenvalue weighted by molar-refractivity contribution is -0.142. The molecular weight excluding hydrogens is 282 g/mol. The predicted octanol–water partition coefficient (Wildman–Crippen LogP) is 0.392. The van der Waals surface area contributed by atoms with E-state index < -0.39 is 30.0 Å². The summed E-state index contributed by atoms with van der Waals surface area (Å²) < 4.78 is 0. The van der Waals surface area contributed by atoms with E-state index in [1.165, 1.54) is 11.8 Å². The average molecular weight is 305 g/mol. The molecule has 2 unspecified atom stereocenters. The highest BCUT2D eigenvalue weighted by Crippen LogP contribution is 2.09. The van der Waals surface area contributed by atoms with E-state index in [-0.39, 0.29) is 5.92 Å². The largest absolute Gasteiger partial charge is 0.480 e. The number of carbonyl (C=O) groups excluding carboxylic acids is 2. The Morgan fingerprint density at radius 2 is 1.90 bits per heavy atom. The zero-order valence-electron chi connectivity index (χ0n) is 12.0. The fourth-order valence-electron chi connectivity index (χ4n) is 1.61. The first-order valence-electron chi connectivity index (χ1n) is 6.41. The minimum Gasteiger partial charge on any atom is -0.480 e. The van der Waals surface area contributed by atoms with E-state index in [4.69, 9.17) is 10.8 Å². The second-order valence-corrected chi connectivity index (χ2v) is 5.54. The highest BCUT2D eigenvalue weighted by atomic mass is 32.2. The van der Waals surface area contributed by atoms with Gasteiger partial charge in [0.2, 0.25) is 5.91 Å². The van der Waals surface area contributed by atoms with Gasteiger partial charge >= 0.3 is 12.0 Å². The van der Waals surface area contributed by atoms with Crippen molar-refractivity contribution in [3.05, 3.63) is 0 Å². The Labute approximate surface area is 123 Å². The molecule has 5 N–H and O–H groups in total. The Hall–Kier alpha value is -1.44. The molecule has 116 valence electrons. The molecule has 0 saturated heterocycles. The number of hydrogen-bond donors (Lipinski definition) is 4. The van der Waals surface area contributed by atoms with Crippen LogP contribution in [0.5, 0.6) is 0 Å². The fourth-order valence-corrected chi connectivity index (χ4v) is 2.08. The Kier molecular flexibility index (Phi) is 8.78. The molecule has 0 fully saturated rings. The lowest BCUT2D eigenvalue weighted by atomic mass is 9.98. The molecule has 0 aliphatic heterocycles. The van der Waals surface area contributed by atoms with Crippen LogP contribution >= 0.6 is 11.8 Å². The number of hydrogen-bond acceptors (Lipinski definition) is 4. The molecule has 20 heavy (non-hydrogen) atoms. The van der Waals surface area contributed by atoms with Gasteiger partial charge in [-0.2, -0.15) is 11.8 Å². The number of rotatable bonds is 9. The van der Waals surface area contributed by atoms with Crippen LogP contribution in [0.25, 0.3) is 0 Å². The van der Waals surface area contributed by atoms with Crippen molar-refractivity contribution in [2.24, 2.45) is 11.7 Å². The molecule has 0 bridgehead atoms. The van der Waals surface area contributed by atoms with Crippen molar-refractivity contribution in [2.45, 2.75) is 38.8 Å². The van der Waals surface area contributed by atoms with Crippen molar-refractivity contribution >= 4 is 29.7 Å². The predicted molar refractivity (Wildman–Crippen MR) is 78.5 cm³/mol. The molecular formula is C12H23N3O4S. The van der Waals surface area contributed by atoms with Gasteiger partial charge in [0, 0.05) is 0 Å². The molecule has 0 radical (unpaired) electrons. The van der Waals surface area contributed by atoms with Crippen molar-refractivity contribution in [1.82, 2.24) is 10.6 Å². The van der Waals surface area contributed by atoms with Gasteiger partial charge in [0.05, 0.1) is 0 Å². The van der Waals surface area contributed by atoms with Crippen molar-refractivity contribution in [2.75, 3.05) is 12.0 Å². The molecule has 0 rings (SSSR count). The number of aliphatic carboxylic acids is 1. The number of carbonyl (C=O) groups is 3. The Bertz CT molecular complexity index is 352. The normalized spacial score (nSPS) is 14.9. The maximum Gasteiger partial charge on any atom is 0.326 e. The Morgan fingerprint density at radius 3 is 2.30 bits per heavy atom. The minimum absolute atomic E-state index is 0.141. The van der Waals surface area contributed by atoms with E-state index in [0.29, 0.717) is 18.6 Å². The van der Waals surface area contributed by atoms with E-state index in [9.17, 15) is 14.4 Å². The maximum absolute atomic E-state index is 12.1. The summed E-state index contributed by atoms with van der Waals surface area (Å²) in [4.78, 5) is 34.1. The van der Waals surface area contributed by atoms with E-state index in [1.807, 2.05) is 13.2 Å². The molecule has 3 atom stereocenters. The Balaban J connectivity index is 4.77. The molecule has 0 saturated carbocycles. The lowest BCUT2D eigenvalue weighted by Gasteiger charge is -2.24. The van der Waals surface area contributed by atoms with E-state index >= 15 is 0 Å². The van der Waals surface area contributed by atoms with Crippen LogP contribution in [0.2, 0.25) is 0 Å². The smallest absolute Gasteiger partial charge is 0.326 e. The topological polar surface area (TPSA) is 122 Å². The average Bonchev–Trinajstić information content (AvgIpc) is 2.38. The number of carboxylic acids is 1. The molecule has 0 aromatic heterocycles. The third-order valence-corrected chi connectivity index (χ3v) is 3.66. The number of thioether (sulfide) groups is 1. The van der Waals surface area contributed by atoms with Crippen LogP contribution in [-0.2, 0) is 9.59 Å². The number of urea groups is 1. The minimum atomic E-state index is -1.09. The molecule has 0 spiro atoms. The number of nitrogens with one attached hydrogen (secondary N) is 2. The van der Waals surface area contributed by atoms with Crippen LogP contribution in [0.1, 0.15) is 26.7 Å². The summed E-state index contributed by atoms with van der Waals surface area (Å²) in [6.45, 7) is 3.66. The molecule has 0 heterocycles. The fraction of sp³-hybridized carbons (Fsp3) is 0.750. The highest BCUT2D eigenvalue weighted by Gasteiger charge is 2.28. The zero-order chi connectivity index (χ0) is 15.7. The molecule has 7 nitrogen and oxygen atoms in total. The first-order valence-corrected chi connectivity index (χ1v) is 7.80. The second-order valence-electron chi connectivity index (χ2n) is 4.55.